The van der Waals surface area contributed by atoms with Crippen molar-refractivity contribution < 1.29 is 8.42 Å². The molecule has 5 nitrogen and oxygen atoms in total. The Balaban J connectivity index is 2.51. The maximum absolute atomic E-state index is 12.2. The molecule has 0 aromatic heterocycles. The zero-order chi connectivity index (χ0) is 18.4. The SMILES string of the molecule is CN=C(NCCS(=O)(=O)C(C)(C)C)NCC1(CC(C)C)CCCC1. The second-order valence-electron chi connectivity index (χ2n) is 8.59. The zero-order valence-corrected chi connectivity index (χ0v) is 17.2. The number of nitrogens with zero attached hydrogens (tertiary/aromatic N) is 1. The largest absolute Gasteiger partial charge is 0.356 e. The molecule has 1 fully saturated rings. The van der Waals surface area contributed by atoms with Gasteiger partial charge in [0.05, 0.1) is 10.5 Å². The number of nitrogens with one attached hydrogen (secondary N) is 2. The Hall–Kier alpha value is -0.780. The lowest BCUT2D eigenvalue weighted by Gasteiger charge is -2.32. The molecule has 0 spiro atoms. The van der Waals surface area contributed by atoms with Crippen LogP contribution in [0.1, 0.15) is 66.7 Å². The lowest BCUT2D eigenvalue weighted by atomic mass is 9.78. The van der Waals surface area contributed by atoms with Crippen LogP contribution < -0.4 is 10.6 Å². The summed E-state index contributed by atoms with van der Waals surface area (Å²) < 4.78 is 23.6. The molecule has 0 unspecified atom stereocenters. The Bertz CT molecular complexity index is 513. The summed E-state index contributed by atoms with van der Waals surface area (Å²) in [5.41, 5.74) is 0.364. The highest BCUT2D eigenvalue weighted by Gasteiger charge is 2.34. The van der Waals surface area contributed by atoms with E-state index in [4.69, 9.17) is 0 Å². The normalized spacial score (nSPS) is 18.9. The third-order valence-corrected chi connectivity index (χ3v) is 7.56. The van der Waals surface area contributed by atoms with E-state index < -0.39 is 14.6 Å². The summed E-state index contributed by atoms with van der Waals surface area (Å²) in [7, 11) is -1.37. The van der Waals surface area contributed by atoms with Gasteiger partial charge in [-0.15, -0.1) is 0 Å². The van der Waals surface area contributed by atoms with Gasteiger partial charge in [0.15, 0.2) is 15.8 Å². The summed E-state index contributed by atoms with van der Waals surface area (Å²) in [5.74, 6) is 1.51. The fourth-order valence-electron chi connectivity index (χ4n) is 3.55. The summed E-state index contributed by atoms with van der Waals surface area (Å²) in [4.78, 5) is 4.24. The maximum Gasteiger partial charge on any atom is 0.191 e. The number of hydrogen-bond acceptors (Lipinski definition) is 3. The summed E-state index contributed by atoms with van der Waals surface area (Å²) in [5, 5.41) is 6.58. The smallest absolute Gasteiger partial charge is 0.191 e. The Labute approximate surface area is 149 Å². The van der Waals surface area contributed by atoms with Gasteiger partial charge in [0.2, 0.25) is 0 Å². The van der Waals surface area contributed by atoms with E-state index in [-0.39, 0.29) is 5.75 Å². The molecule has 142 valence electrons. The van der Waals surface area contributed by atoms with Gasteiger partial charge in [0.1, 0.15) is 0 Å². The van der Waals surface area contributed by atoms with Crippen molar-refractivity contribution in [2.45, 2.75) is 71.5 Å². The molecule has 0 radical (unpaired) electrons. The molecule has 0 aliphatic heterocycles. The van der Waals surface area contributed by atoms with Crippen LogP contribution in [-0.4, -0.2) is 45.0 Å². The molecule has 0 aromatic carbocycles. The van der Waals surface area contributed by atoms with Crippen LogP contribution in [0.25, 0.3) is 0 Å². The predicted molar refractivity (Wildman–Crippen MR) is 103 cm³/mol. The molecular weight excluding hydrogens is 322 g/mol. The van der Waals surface area contributed by atoms with E-state index in [0.717, 1.165) is 6.54 Å². The monoisotopic (exact) mass is 359 g/mol. The fraction of sp³-hybridized carbons (Fsp3) is 0.944. The van der Waals surface area contributed by atoms with Crippen LogP contribution in [-0.2, 0) is 9.84 Å². The molecule has 1 rings (SSSR count). The van der Waals surface area contributed by atoms with Gasteiger partial charge in [-0.25, -0.2) is 8.42 Å². The third-order valence-electron chi connectivity index (χ3n) is 4.96. The molecule has 6 heteroatoms. The predicted octanol–water partition coefficient (Wildman–Crippen LogP) is 2.97. The topological polar surface area (TPSA) is 70.6 Å². The zero-order valence-electron chi connectivity index (χ0n) is 16.4. The van der Waals surface area contributed by atoms with Gasteiger partial charge in [-0.2, -0.15) is 0 Å². The van der Waals surface area contributed by atoms with Crippen LogP contribution in [0, 0.1) is 11.3 Å². The van der Waals surface area contributed by atoms with E-state index in [0.29, 0.717) is 23.8 Å². The molecular formula is C18H37N3O2S. The lowest BCUT2D eigenvalue weighted by Crippen LogP contribution is -2.45. The van der Waals surface area contributed by atoms with Crippen molar-refractivity contribution in [1.29, 1.82) is 0 Å². The molecule has 2 N–H and O–H groups in total. The van der Waals surface area contributed by atoms with Crippen molar-refractivity contribution in [2.75, 3.05) is 25.9 Å². The molecule has 0 saturated heterocycles. The van der Waals surface area contributed by atoms with Gasteiger partial charge in [0, 0.05) is 20.1 Å². The summed E-state index contributed by atoms with van der Waals surface area (Å²) >= 11 is 0. The first-order chi connectivity index (χ1) is 11.0. The quantitative estimate of drug-likeness (QED) is 0.541. The van der Waals surface area contributed by atoms with E-state index in [1.54, 1.807) is 27.8 Å². The Kier molecular flexibility index (Phi) is 7.57. The molecule has 0 heterocycles. The van der Waals surface area contributed by atoms with Crippen molar-refractivity contribution in [2.24, 2.45) is 16.3 Å². The number of aliphatic imine (C=N–C) groups is 1. The minimum Gasteiger partial charge on any atom is -0.356 e. The summed E-state index contributed by atoms with van der Waals surface area (Å²) in [6.07, 6.45) is 6.39. The standard InChI is InChI=1S/C18H37N3O2S/c1-15(2)13-18(9-7-8-10-18)14-21-16(19-6)20-11-12-24(22,23)17(3,4)5/h15H,7-14H2,1-6H3,(H2,19,20,21). The molecule has 1 aliphatic carbocycles. The van der Waals surface area contributed by atoms with E-state index >= 15 is 0 Å². The van der Waals surface area contributed by atoms with Crippen molar-refractivity contribution >= 4 is 15.8 Å². The lowest BCUT2D eigenvalue weighted by molar-refractivity contribution is 0.235. The number of hydrogen-bond donors (Lipinski definition) is 2. The van der Waals surface area contributed by atoms with Gasteiger partial charge in [-0.1, -0.05) is 26.7 Å². The van der Waals surface area contributed by atoms with Gasteiger partial charge >= 0.3 is 0 Å². The van der Waals surface area contributed by atoms with Crippen LogP contribution in [0.5, 0.6) is 0 Å². The summed E-state index contributed by atoms with van der Waals surface area (Å²) in [6, 6.07) is 0. The minimum atomic E-state index is -3.11. The molecule has 24 heavy (non-hydrogen) atoms. The molecule has 1 aliphatic rings. The Morgan fingerprint density at radius 1 is 1.17 bits per heavy atom. The average molecular weight is 360 g/mol. The number of guanidine groups is 1. The van der Waals surface area contributed by atoms with Crippen LogP contribution in [0.4, 0.5) is 0 Å². The molecule has 0 bridgehead atoms. The Morgan fingerprint density at radius 2 is 1.75 bits per heavy atom. The highest BCUT2D eigenvalue weighted by molar-refractivity contribution is 7.92. The first kappa shape index (κ1) is 21.3. The number of sulfone groups is 1. The van der Waals surface area contributed by atoms with E-state index in [9.17, 15) is 8.42 Å². The Morgan fingerprint density at radius 3 is 2.21 bits per heavy atom. The second-order valence-corrected chi connectivity index (χ2v) is 11.5. The van der Waals surface area contributed by atoms with Crippen molar-refractivity contribution in [3.05, 3.63) is 0 Å². The fourth-order valence-corrected chi connectivity index (χ4v) is 4.53. The highest BCUT2D eigenvalue weighted by Crippen LogP contribution is 2.42. The van der Waals surface area contributed by atoms with Crippen molar-refractivity contribution in [1.82, 2.24) is 10.6 Å². The average Bonchev–Trinajstić information content (AvgIpc) is 2.89. The van der Waals surface area contributed by atoms with Gasteiger partial charge in [0.25, 0.3) is 0 Å². The van der Waals surface area contributed by atoms with Crippen LogP contribution in [0.15, 0.2) is 4.99 Å². The van der Waals surface area contributed by atoms with Gasteiger partial charge in [-0.3, -0.25) is 4.99 Å². The maximum atomic E-state index is 12.2. The van der Waals surface area contributed by atoms with Crippen LogP contribution in [0.3, 0.4) is 0 Å². The minimum absolute atomic E-state index is 0.119. The first-order valence-electron chi connectivity index (χ1n) is 9.18. The summed E-state index contributed by atoms with van der Waals surface area (Å²) in [6.45, 7) is 11.1. The van der Waals surface area contributed by atoms with Crippen molar-refractivity contribution in [3.63, 3.8) is 0 Å². The van der Waals surface area contributed by atoms with E-state index in [1.165, 1.54) is 32.1 Å². The van der Waals surface area contributed by atoms with Crippen molar-refractivity contribution in [3.8, 4) is 0 Å². The third kappa shape index (κ3) is 6.26. The molecule has 0 atom stereocenters. The first-order valence-corrected chi connectivity index (χ1v) is 10.8. The second kappa shape index (κ2) is 8.54. The molecule has 1 saturated carbocycles. The molecule has 0 amide bonds. The number of rotatable bonds is 7. The van der Waals surface area contributed by atoms with Crippen LogP contribution in [0.2, 0.25) is 0 Å². The van der Waals surface area contributed by atoms with Crippen LogP contribution >= 0.6 is 0 Å². The highest BCUT2D eigenvalue weighted by atomic mass is 32.2. The van der Waals surface area contributed by atoms with E-state index in [1.807, 2.05) is 0 Å². The van der Waals surface area contributed by atoms with Gasteiger partial charge < -0.3 is 10.6 Å². The molecule has 0 aromatic rings. The van der Waals surface area contributed by atoms with E-state index in [2.05, 4.69) is 29.5 Å². The van der Waals surface area contributed by atoms with Gasteiger partial charge in [-0.05, 0) is 51.4 Å².